The summed E-state index contributed by atoms with van der Waals surface area (Å²) in [4.78, 5) is 11.1. The van der Waals surface area contributed by atoms with Gasteiger partial charge in [0.25, 0.3) is 0 Å². The van der Waals surface area contributed by atoms with E-state index in [9.17, 15) is 9.90 Å². The van der Waals surface area contributed by atoms with Gasteiger partial charge in [0.05, 0.1) is 0 Å². The summed E-state index contributed by atoms with van der Waals surface area (Å²) in [7, 11) is 1.79. The zero-order chi connectivity index (χ0) is 17.1. The lowest BCUT2D eigenvalue weighted by Crippen LogP contribution is -2.33. The molecule has 0 aromatic heterocycles. The summed E-state index contributed by atoms with van der Waals surface area (Å²) in [5.74, 6) is -0.688. The van der Waals surface area contributed by atoms with Crippen molar-refractivity contribution in [2.45, 2.75) is 6.04 Å². The van der Waals surface area contributed by atoms with E-state index in [0.717, 1.165) is 0 Å². The number of para-hydroxylation sites is 2. The molecule has 0 heterocycles. The highest BCUT2D eigenvalue weighted by Crippen LogP contribution is 2.23. The van der Waals surface area contributed by atoms with Gasteiger partial charge < -0.3 is 20.6 Å². The molecular formula is C17H22N2O4. The Kier molecular flexibility index (Phi) is 8.20. The average molecular weight is 318 g/mol. The number of carbonyl (C=O) groups is 1. The van der Waals surface area contributed by atoms with Crippen LogP contribution >= 0.6 is 0 Å². The third kappa shape index (κ3) is 6.82. The normalized spacial score (nSPS) is 11.2. The zero-order valence-corrected chi connectivity index (χ0v) is 12.9. The van der Waals surface area contributed by atoms with Gasteiger partial charge in [-0.25, -0.2) is 0 Å². The number of carboxylic acids is 1. The number of hydrogen-bond donors (Lipinski definition) is 5. The van der Waals surface area contributed by atoms with Crippen molar-refractivity contribution in [3.63, 3.8) is 0 Å². The first kappa shape index (κ1) is 18.5. The van der Waals surface area contributed by atoms with Crippen molar-refractivity contribution in [2.24, 2.45) is 0 Å². The van der Waals surface area contributed by atoms with Crippen molar-refractivity contribution in [1.29, 1.82) is 0 Å². The molecule has 0 aliphatic heterocycles. The van der Waals surface area contributed by atoms with E-state index in [-0.39, 0.29) is 5.75 Å². The van der Waals surface area contributed by atoms with Gasteiger partial charge in [-0.2, -0.15) is 0 Å². The maximum atomic E-state index is 11.1. The molecule has 6 nitrogen and oxygen atoms in total. The molecule has 0 radical (unpaired) electrons. The van der Waals surface area contributed by atoms with Crippen LogP contribution < -0.4 is 10.6 Å². The second-order valence-electron chi connectivity index (χ2n) is 4.72. The van der Waals surface area contributed by atoms with E-state index >= 15 is 0 Å². The molecule has 6 heteroatoms. The Balaban J connectivity index is 0.000000313. The largest absolute Gasteiger partial charge is 0.508 e. The Morgan fingerprint density at radius 3 is 2.09 bits per heavy atom. The molecule has 23 heavy (non-hydrogen) atoms. The van der Waals surface area contributed by atoms with E-state index in [1.165, 1.54) is 6.07 Å². The van der Waals surface area contributed by atoms with Gasteiger partial charge in [-0.1, -0.05) is 36.4 Å². The first-order valence-corrected chi connectivity index (χ1v) is 7.19. The summed E-state index contributed by atoms with van der Waals surface area (Å²) in [5.41, 5.74) is 0.381. The maximum Gasteiger partial charge on any atom is 0.325 e. The molecule has 0 amide bonds. The minimum atomic E-state index is -1.00. The van der Waals surface area contributed by atoms with Crippen LogP contribution in [0.4, 0.5) is 0 Å². The maximum absolute atomic E-state index is 11.1. The molecule has 2 aromatic rings. The Hall–Kier alpha value is -2.57. The first-order chi connectivity index (χ1) is 11.1. The van der Waals surface area contributed by atoms with Crippen molar-refractivity contribution in [3.05, 3.63) is 60.2 Å². The number of phenolic OH excluding ortho intramolecular Hbond substituents is 2. The number of benzene rings is 2. The summed E-state index contributed by atoms with van der Waals surface area (Å²) in [6.45, 7) is 1.18. The highest BCUT2D eigenvalue weighted by molar-refractivity contribution is 5.76. The van der Waals surface area contributed by atoms with Gasteiger partial charge in [-0.15, -0.1) is 0 Å². The van der Waals surface area contributed by atoms with Crippen LogP contribution in [-0.4, -0.2) is 41.4 Å². The van der Waals surface area contributed by atoms with Crippen LogP contribution in [0, 0.1) is 0 Å². The fourth-order valence-electron chi connectivity index (χ4n) is 1.83. The van der Waals surface area contributed by atoms with Crippen LogP contribution in [0.2, 0.25) is 0 Å². The molecule has 0 spiro atoms. The van der Waals surface area contributed by atoms with E-state index in [2.05, 4.69) is 10.6 Å². The second kappa shape index (κ2) is 10.2. The van der Waals surface area contributed by atoms with Crippen LogP contribution in [0.3, 0.4) is 0 Å². The predicted molar refractivity (Wildman–Crippen MR) is 88.5 cm³/mol. The van der Waals surface area contributed by atoms with Crippen molar-refractivity contribution in [2.75, 3.05) is 20.1 Å². The molecule has 2 aromatic carbocycles. The lowest BCUT2D eigenvalue weighted by atomic mass is 10.1. The molecule has 1 unspecified atom stereocenters. The third-order valence-electron chi connectivity index (χ3n) is 2.97. The molecule has 1 atom stereocenters. The van der Waals surface area contributed by atoms with Gasteiger partial charge in [-0.05, 0) is 25.2 Å². The van der Waals surface area contributed by atoms with Crippen LogP contribution in [0.15, 0.2) is 54.6 Å². The summed E-state index contributed by atoms with van der Waals surface area (Å²) in [5, 5.41) is 33.0. The number of aromatic hydroxyl groups is 2. The van der Waals surface area contributed by atoms with E-state index in [1.54, 1.807) is 49.5 Å². The SMILES string of the molecule is CNCCNC(C(=O)O)c1ccccc1O.Oc1ccccc1. The van der Waals surface area contributed by atoms with E-state index < -0.39 is 12.0 Å². The minimum absolute atomic E-state index is 0.00754. The topological polar surface area (TPSA) is 102 Å². The molecule has 0 fully saturated rings. The van der Waals surface area contributed by atoms with E-state index in [1.807, 2.05) is 6.07 Å². The minimum Gasteiger partial charge on any atom is -0.508 e. The molecule has 0 bridgehead atoms. The fraction of sp³-hybridized carbons (Fsp3) is 0.235. The summed E-state index contributed by atoms with van der Waals surface area (Å²) in [6, 6.07) is 14.3. The van der Waals surface area contributed by atoms with E-state index in [0.29, 0.717) is 24.4 Å². The Labute approximate surface area is 135 Å². The second-order valence-corrected chi connectivity index (χ2v) is 4.72. The smallest absolute Gasteiger partial charge is 0.325 e. The number of likely N-dealkylation sites (N-methyl/N-ethyl adjacent to an activating group) is 1. The van der Waals surface area contributed by atoms with Gasteiger partial charge in [-0.3, -0.25) is 10.1 Å². The summed E-state index contributed by atoms with van der Waals surface area (Å²) >= 11 is 0. The standard InChI is InChI=1S/C11H16N2O3.C6H6O/c1-12-6-7-13-10(11(15)16)8-4-2-3-5-9(8)14;7-6-4-2-1-3-5-6/h2-5,10,12-14H,6-7H2,1H3,(H,15,16);1-5,7H. The third-order valence-corrected chi connectivity index (χ3v) is 2.97. The van der Waals surface area contributed by atoms with Crippen molar-refractivity contribution >= 4 is 5.97 Å². The van der Waals surface area contributed by atoms with Gasteiger partial charge in [0.2, 0.25) is 0 Å². The molecule has 0 aliphatic carbocycles. The Morgan fingerprint density at radius 2 is 1.61 bits per heavy atom. The molecule has 5 N–H and O–H groups in total. The molecule has 124 valence electrons. The molecule has 0 saturated heterocycles. The lowest BCUT2D eigenvalue weighted by Gasteiger charge is -2.15. The highest BCUT2D eigenvalue weighted by Gasteiger charge is 2.21. The van der Waals surface area contributed by atoms with Gasteiger partial charge in [0.15, 0.2) is 0 Å². The van der Waals surface area contributed by atoms with Crippen molar-refractivity contribution < 1.29 is 20.1 Å². The number of aliphatic carboxylic acids is 1. The monoisotopic (exact) mass is 318 g/mol. The molecule has 0 saturated carbocycles. The zero-order valence-electron chi connectivity index (χ0n) is 12.9. The molecule has 0 aliphatic rings. The molecule has 2 rings (SSSR count). The highest BCUT2D eigenvalue weighted by atomic mass is 16.4. The van der Waals surface area contributed by atoms with Gasteiger partial charge >= 0.3 is 5.97 Å². The average Bonchev–Trinajstić information content (AvgIpc) is 2.54. The predicted octanol–water partition coefficient (Wildman–Crippen LogP) is 1.72. The lowest BCUT2D eigenvalue weighted by molar-refractivity contribution is -0.139. The van der Waals surface area contributed by atoms with Crippen LogP contribution in [0.1, 0.15) is 11.6 Å². The van der Waals surface area contributed by atoms with Crippen molar-refractivity contribution in [1.82, 2.24) is 10.6 Å². The summed E-state index contributed by atoms with van der Waals surface area (Å²) in [6.07, 6.45) is 0. The summed E-state index contributed by atoms with van der Waals surface area (Å²) < 4.78 is 0. The quantitative estimate of drug-likeness (QED) is 0.520. The number of carboxylic acid groups (broad SMARTS) is 1. The number of nitrogens with one attached hydrogen (secondary N) is 2. The van der Waals surface area contributed by atoms with Crippen LogP contribution in [0.5, 0.6) is 11.5 Å². The van der Waals surface area contributed by atoms with E-state index in [4.69, 9.17) is 10.2 Å². The molecular weight excluding hydrogens is 296 g/mol. The number of rotatable bonds is 6. The van der Waals surface area contributed by atoms with Gasteiger partial charge in [0.1, 0.15) is 17.5 Å². The number of hydrogen-bond acceptors (Lipinski definition) is 5. The first-order valence-electron chi connectivity index (χ1n) is 7.19. The Morgan fingerprint density at radius 1 is 1.00 bits per heavy atom. The fourth-order valence-corrected chi connectivity index (χ4v) is 1.83. The number of phenols is 2. The van der Waals surface area contributed by atoms with Crippen LogP contribution in [0.25, 0.3) is 0 Å². The van der Waals surface area contributed by atoms with Crippen molar-refractivity contribution in [3.8, 4) is 11.5 Å². The van der Waals surface area contributed by atoms with Gasteiger partial charge in [0, 0.05) is 18.7 Å². The Bertz CT molecular complexity index is 590. The van der Waals surface area contributed by atoms with Crippen LogP contribution in [-0.2, 0) is 4.79 Å².